The Morgan fingerprint density at radius 2 is 1.65 bits per heavy atom. The Labute approximate surface area is 150 Å². The first kappa shape index (κ1) is 16.5. The molecule has 0 atom stereocenters. The zero-order valence-electron chi connectivity index (χ0n) is 13.0. The van der Waals surface area contributed by atoms with Crippen molar-refractivity contribution in [3.8, 4) is 5.75 Å². The van der Waals surface area contributed by atoms with Crippen molar-refractivity contribution in [3.63, 3.8) is 0 Å². The van der Waals surface area contributed by atoms with Gasteiger partial charge in [0.15, 0.2) is 6.61 Å². The van der Waals surface area contributed by atoms with Gasteiger partial charge in [-0.1, -0.05) is 6.42 Å². The second-order valence-corrected chi connectivity index (χ2v) is 7.32. The predicted molar refractivity (Wildman–Crippen MR) is 95.2 cm³/mol. The molecule has 1 aliphatic heterocycles. The molecule has 0 aromatic heterocycles. The molecule has 0 spiro atoms. The highest BCUT2D eigenvalue weighted by atomic mass is 127. The van der Waals surface area contributed by atoms with E-state index < -0.39 is 0 Å². The minimum atomic E-state index is -0.0145. The Hall–Kier alpha value is -1.31. The molecule has 2 aliphatic rings. The van der Waals surface area contributed by atoms with E-state index in [2.05, 4.69) is 22.6 Å². The largest absolute Gasteiger partial charge is 0.484 e. The van der Waals surface area contributed by atoms with Crippen LogP contribution in [0.2, 0.25) is 0 Å². The van der Waals surface area contributed by atoms with Crippen LogP contribution in [0.15, 0.2) is 24.3 Å². The summed E-state index contributed by atoms with van der Waals surface area (Å²) < 4.78 is 6.67. The highest BCUT2D eigenvalue weighted by Gasteiger charge is 2.31. The van der Waals surface area contributed by atoms with Crippen LogP contribution in [0, 0.1) is 9.49 Å². The standard InChI is InChI=1S/C17H21IN2O3/c18-14-4-6-15(7-5-14)23-12-16(21)19-8-10-20(11-9-19)17(22)13-2-1-3-13/h4-7,13H,1-3,8-12H2. The van der Waals surface area contributed by atoms with Crippen molar-refractivity contribution < 1.29 is 14.3 Å². The third-order valence-corrected chi connectivity index (χ3v) is 5.29. The van der Waals surface area contributed by atoms with Gasteiger partial charge in [-0.15, -0.1) is 0 Å². The third-order valence-electron chi connectivity index (χ3n) is 4.57. The molecule has 1 heterocycles. The van der Waals surface area contributed by atoms with E-state index in [-0.39, 0.29) is 24.3 Å². The molecule has 0 unspecified atom stereocenters. The van der Waals surface area contributed by atoms with Gasteiger partial charge in [0.1, 0.15) is 5.75 Å². The molecule has 1 aromatic rings. The lowest BCUT2D eigenvalue weighted by atomic mass is 9.84. The molecule has 0 bridgehead atoms. The smallest absolute Gasteiger partial charge is 0.260 e. The Balaban J connectivity index is 1.42. The maximum Gasteiger partial charge on any atom is 0.260 e. The Morgan fingerprint density at radius 3 is 2.22 bits per heavy atom. The monoisotopic (exact) mass is 428 g/mol. The van der Waals surface area contributed by atoms with E-state index in [1.54, 1.807) is 4.90 Å². The van der Waals surface area contributed by atoms with Crippen LogP contribution < -0.4 is 4.74 Å². The lowest BCUT2D eigenvalue weighted by Crippen LogP contribution is -2.53. The van der Waals surface area contributed by atoms with Crippen LogP contribution in [0.5, 0.6) is 5.75 Å². The maximum absolute atomic E-state index is 12.2. The van der Waals surface area contributed by atoms with Gasteiger partial charge in [-0.05, 0) is 59.7 Å². The molecule has 1 aliphatic carbocycles. The number of hydrogen-bond acceptors (Lipinski definition) is 3. The molecule has 23 heavy (non-hydrogen) atoms. The molecule has 2 fully saturated rings. The Kier molecular flexibility index (Phi) is 5.40. The molecule has 1 aromatic carbocycles. The van der Waals surface area contributed by atoms with Crippen molar-refractivity contribution in [1.29, 1.82) is 0 Å². The number of ether oxygens (including phenoxy) is 1. The van der Waals surface area contributed by atoms with E-state index in [4.69, 9.17) is 4.74 Å². The van der Waals surface area contributed by atoms with Crippen molar-refractivity contribution in [2.24, 2.45) is 5.92 Å². The number of benzene rings is 1. The maximum atomic E-state index is 12.2. The van der Waals surface area contributed by atoms with Gasteiger partial charge in [-0.2, -0.15) is 0 Å². The molecule has 2 amide bonds. The number of piperazine rings is 1. The zero-order valence-corrected chi connectivity index (χ0v) is 15.2. The normalized spacial score (nSPS) is 18.5. The fourth-order valence-corrected chi connectivity index (χ4v) is 3.22. The quantitative estimate of drug-likeness (QED) is 0.691. The van der Waals surface area contributed by atoms with Crippen LogP contribution in [-0.2, 0) is 9.59 Å². The van der Waals surface area contributed by atoms with Crippen LogP contribution in [0.4, 0.5) is 0 Å². The van der Waals surface area contributed by atoms with Crippen LogP contribution in [0.25, 0.3) is 0 Å². The van der Waals surface area contributed by atoms with Gasteiger partial charge < -0.3 is 14.5 Å². The van der Waals surface area contributed by atoms with Crippen molar-refractivity contribution >= 4 is 34.4 Å². The minimum Gasteiger partial charge on any atom is -0.484 e. The SMILES string of the molecule is O=C(COc1ccc(I)cc1)N1CCN(C(=O)C2CCC2)CC1. The highest BCUT2D eigenvalue weighted by molar-refractivity contribution is 14.1. The van der Waals surface area contributed by atoms with E-state index in [9.17, 15) is 9.59 Å². The summed E-state index contributed by atoms with van der Waals surface area (Å²) in [5, 5.41) is 0. The summed E-state index contributed by atoms with van der Waals surface area (Å²) in [6, 6.07) is 7.63. The molecule has 6 heteroatoms. The average molecular weight is 428 g/mol. The lowest BCUT2D eigenvalue weighted by molar-refractivity contribution is -0.144. The second-order valence-electron chi connectivity index (χ2n) is 6.08. The lowest BCUT2D eigenvalue weighted by Gasteiger charge is -2.38. The van der Waals surface area contributed by atoms with E-state index in [0.29, 0.717) is 31.9 Å². The van der Waals surface area contributed by atoms with Crippen LogP contribution in [0.3, 0.4) is 0 Å². The summed E-state index contributed by atoms with van der Waals surface area (Å²) in [5.74, 6) is 1.21. The topological polar surface area (TPSA) is 49.9 Å². The predicted octanol–water partition coefficient (Wildman–Crippen LogP) is 2.14. The van der Waals surface area contributed by atoms with Crippen molar-refractivity contribution in [1.82, 2.24) is 9.80 Å². The number of amides is 2. The molecule has 0 N–H and O–H groups in total. The fourth-order valence-electron chi connectivity index (χ4n) is 2.86. The molecule has 3 rings (SSSR count). The molecular weight excluding hydrogens is 407 g/mol. The van der Waals surface area contributed by atoms with Crippen LogP contribution >= 0.6 is 22.6 Å². The summed E-state index contributed by atoms with van der Waals surface area (Å²) >= 11 is 2.23. The van der Waals surface area contributed by atoms with Gasteiger partial charge in [0.05, 0.1) is 0 Å². The van der Waals surface area contributed by atoms with Gasteiger partial charge >= 0.3 is 0 Å². The van der Waals surface area contributed by atoms with E-state index in [0.717, 1.165) is 16.4 Å². The molecular formula is C17H21IN2O3. The van der Waals surface area contributed by atoms with Crippen molar-refractivity contribution in [2.45, 2.75) is 19.3 Å². The second kappa shape index (κ2) is 7.51. The summed E-state index contributed by atoms with van der Waals surface area (Å²) in [6.45, 7) is 2.55. The highest BCUT2D eigenvalue weighted by Crippen LogP contribution is 2.28. The van der Waals surface area contributed by atoms with Crippen LogP contribution in [0.1, 0.15) is 19.3 Å². The van der Waals surface area contributed by atoms with Gasteiger partial charge in [-0.25, -0.2) is 0 Å². The average Bonchev–Trinajstić information content (AvgIpc) is 2.52. The molecule has 1 saturated heterocycles. The molecule has 1 saturated carbocycles. The third kappa shape index (κ3) is 4.16. The van der Waals surface area contributed by atoms with E-state index in [1.165, 1.54) is 6.42 Å². The molecule has 0 radical (unpaired) electrons. The minimum absolute atomic E-state index is 0.0145. The summed E-state index contributed by atoms with van der Waals surface area (Å²) in [4.78, 5) is 28.1. The summed E-state index contributed by atoms with van der Waals surface area (Å²) in [7, 11) is 0. The number of nitrogens with zero attached hydrogens (tertiary/aromatic N) is 2. The van der Waals surface area contributed by atoms with E-state index in [1.807, 2.05) is 29.2 Å². The summed E-state index contributed by atoms with van der Waals surface area (Å²) in [6.07, 6.45) is 3.23. The van der Waals surface area contributed by atoms with Gasteiger partial charge in [0.25, 0.3) is 5.91 Å². The Morgan fingerprint density at radius 1 is 1.04 bits per heavy atom. The van der Waals surface area contributed by atoms with Gasteiger partial charge in [-0.3, -0.25) is 9.59 Å². The van der Waals surface area contributed by atoms with Crippen LogP contribution in [-0.4, -0.2) is 54.4 Å². The number of hydrogen-bond donors (Lipinski definition) is 0. The number of rotatable bonds is 4. The van der Waals surface area contributed by atoms with Gasteiger partial charge in [0, 0.05) is 35.7 Å². The fraction of sp³-hybridized carbons (Fsp3) is 0.529. The molecule has 124 valence electrons. The first-order valence-electron chi connectivity index (χ1n) is 8.08. The first-order valence-corrected chi connectivity index (χ1v) is 9.16. The first-order chi connectivity index (χ1) is 11.1. The number of carbonyl (C=O) groups is 2. The zero-order chi connectivity index (χ0) is 16.2. The van der Waals surface area contributed by atoms with Crippen molar-refractivity contribution in [2.75, 3.05) is 32.8 Å². The van der Waals surface area contributed by atoms with Gasteiger partial charge in [0.2, 0.25) is 5.91 Å². The van der Waals surface area contributed by atoms with Crippen molar-refractivity contribution in [3.05, 3.63) is 27.8 Å². The van der Waals surface area contributed by atoms with E-state index >= 15 is 0 Å². The Bertz CT molecular complexity index is 564. The number of carbonyl (C=O) groups excluding carboxylic acids is 2. The summed E-state index contributed by atoms with van der Waals surface area (Å²) in [5.41, 5.74) is 0. The molecule has 5 nitrogen and oxygen atoms in total. The number of halogens is 1.